The first kappa shape index (κ1) is 18.0. The Morgan fingerprint density at radius 3 is 2.50 bits per heavy atom. The smallest absolute Gasteiger partial charge is 0.337 e. The van der Waals surface area contributed by atoms with Gasteiger partial charge in [-0.1, -0.05) is 24.6 Å². The third-order valence-corrected chi connectivity index (χ3v) is 4.89. The van der Waals surface area contributed by atoms with E-state index in [0.717, 1.165) is 37.2 Å². The molecule has 1 saturated heterocycles. The number of nitrogens with one attached hydrogen (secondary N) is 1. The minimum atomic E-state index is -0.981. The molecular weight excluding hydrogens is 328 g/mol. The summed E-state index contributed by atoms with van der Waals surface area (Å²) < 4.78 is 0. The van der Waals surface area contributed by atoms with Crippen LogP contribution in [0.1, 0.15) is 46.0 Å². The zero-order valence-corrected chi connectivity index (χ0v) is 15.2. The van der Waals surface area contributed by atoms with E-state index in [4.69, 9.17) is 0 Å². The highest BCUT2D eigenvalue weighted by Crippen LogP contribution is 2.29. The van der Waals surface area contributed by atoms with Crippen LogP contribution in [0.3, 0.4) is 0 Å². The number of carboxylic acid groups (broad SMARTS) is 1. The van der Waals surface area contributed by atoms with E-state index in [1.807, 2.05) is 19.1 Å². The van der Waals surface area contributed by atoms with E-state index >= 15 is 0 Å². The Hall–Kier alpha value is -2.82. The van der Waals surface area contributed by atoms with Gasteiger partial charge in [0.25, 0.3) is 5.91 Å². The number of hydrogen-bond donors (Lipinski definition) is 2. The number of aromatic carboxylic acids is 1. The lowest BCUT2D eigenvalue weighted by molar-refractivity contribution is 0.0697. The molecule has 0 radical (unpaired) electrons. The largest absolute Gasteiger partial charge is 0.478 e. The van der Waals surface area contributed by atoms with E-state index in [1.165, 1.54) is 0 Å². The van der Waals surface area contributed by atoms with Crippen LogP contribution >= 0.6 is 0 Å². The minimum Gasteiger partial charge on any atom is -0.478 e. The third kappa shape index (κ3) is 4.04. The molecule has 1 aliphatic heterocycles. The van der Waals surface area contributed by atoms with Gasteiger partial charge in [-0.15, -0.1) is 0 Å². The molecule has 0 saturated carbocycles. The molecule has 0 aliphatic carbocycles. The van der Waals surface area contributed by atoms with E-state index in [2.05, 4.69) is 17.1 Å². The summed E-state index contributed by atoms with van der Waals surface area (Å²) in [5.74, 6) is -0.553. The van der Waals surface area contributed by atoms with Crippen LogP contribution < -0.4 is 10.2 Å². The number of benzene rings is 2. The van der Waals surface area contributed by atoms with Gasteiger partial charge in [0.15, 0.2) is 0 Å². The second-order valence-electron chi connectivity index (χ2n) is 7.03. The van der Waals surface area contributed by atoms with Crippen molar-refractivity contribution in [2.45, 2.75) is 26.7 Å². The predicted molar refractivity (Wildman–Crippen MR) is 103 cm³/mol. The maximum absolute atomic E-state index is 12.4. The second-order valence-corrected chi connectivity index (χ2v) is 7.03. The first-order chi connectivity index (χ1) is 12.4. The van der Waals surface area contributed by atoms with Gasteiger partial charge in [-0.3, -0.25) is 4.79 Å². The molecule has 136 valence electrons. The van der Waals surface area contributed by atoms with Crippen LogP contribution in [0, 0.1) is 12.8 Å². The molecule has 26 heavy (non-hydrogen) atoms. The van der Waals surface area contributed by atoms with Gasteiger partial charge < -0.3 is 15.3 Å². The predicted octanol–water partition coefficient (Wildman–Crippen LogP) is 4.18. The van der Waals surface area contributed by atoms with Crippen LogP contribution in [0.5, 0.6) is 0 Å². The highest BCUT2D eigenvalue weighted by Gasteiger charge is 2.21. The lowest BCUT2D eigenvalue weighted by Gasteiger charge is -2.33. The normalized spacial score (nSPS) is 14.9. The van der Waals surface area contributed by atoms with Gasteiger partial charge in [0.1, 0.15) is 0 Å². The fraction of sp³-hybridized carbons (Fsp3) is 0.333. The average molecular weight is 352 g/mol. The van der Waals surface area contributed by atoms with Crippen molar-refractivity contribution in [2.24, 2.45) is 5.92 Å². The van der Waals surface area contributed by atoms with Crippen molar-refractivity contribution in [3.63, 3.8) is 0 Å². The molecule has 1 amide bonds. The average Bonchev–Trinajstić information content (AvgIpc) is 2.62. The van der Waals surface area contributed by atoms with Crippen LogP contribution in [0.4, 0.5) is 11.4 Å². The van der Waals surface area contributed by atoms with Gasteiger partial charge in [-0.25, -0.2) is 4.79 Å². The number of anilines is 2. The number of hydrogen-bond acceptors (Lipinski definition) is 3. The lowest BCUT2D eigenvalue weighted by Crippen LogP contribution is -2.33. The molecule has 2 N–H and O–H groups in total. The van der Waals surface area contributed by atoms with E-state index in [0.29, 0.717) is 17.2 Å². The monoisotopic (exact) mass is 352 g/mol. The van der Waals surface area contributed by atoms with Gasteiger partial charge in [-0.05, 0) is 56.0 Å². The van der Waals surface area contributed by atoms with Crippen molar-refractivity contribution in [3.05, 3.63) is 59.2 Å². The molecule has 1 aliphatic rings. The molecule has 2 aromatic rings. The number of carbonyl (C=O) groups excluding carboxylic acids is 1. The van der Waals surface area contributed by atoms with Crippen molar-refractivity contribution in [3.8, 4) is 0 Å². The zero-order valence-electron chi connectivity index (χ0n) is 15.2. The summed E-state index contributed by atoms with van der Waals surface area (Å²) in [6, 6.07) is 12.4. The van der Waals surface area contributed by atoms with Crippen LogP contribution in [0.15, 0.2) is 42.5 Å². The summed E-state index contributed by atoms with van der Waals surface area (Å²) in [4.78, 5) is 26.3. The molecule has 0 spiro atoms. The van der Waals surface area contributed by atoms with Gasteiger partial charge >= 0.3 is 5.97 Å². The summed E-state index contributed by atoms with van der Waals surface area (Å²) >= 11 is 0. The van der Waals surface area contributed by atoms with Crippen molar-refractivity contribution in [1.29, 1.82) is 0 Å². The highest BCUT2D eigenvalue weighted by molar-refractivity contribution is 6.05. The summed E-state index contributed by atoms with van der Waals surface area (Å²) in [6.07, 6.45) is 2.12. The Morgan fingerprint density at radius 1 is 1.12 bits per heavy atom. The van der Waals surface area contributed by atoms with Crippen molar-refractivity contribution < 1.29 is 14.7 Å². The van der Waals surface area contributed by atoms with E-state index < -0.39 is 5.97 Å². The summed E-state index contributed by atoms with van der Waals surface area (Å²) in [5.41, 5.74) is 2.98. The van der Waals surface area contributed by atoms with Crippen LogP contribution in [0.25, 0.3) is 0 Å². The Bertz CT molecular complexity index is 824. The number of nitrogens with zero attached hydrogens (tertiary/aromatic N) is 1. The maximum atomic E-state index is 12.4. The quantitative estimate of drug-likeness (QED) is 0.866. The number of amides is 1. The first-order valence-corrected chi connectivity index (χ1v) is 8.94. The van der Waals surface area contributed by atoms with Crippen LogP contribution in [0.2, 0.25) is 0 Å². The fourth-order valence-corrected chi connectivity index (χ4v) is 3.30. The third-order valence-electron chi connectivity index (χ3n) is 4.89. The Morgan fingerprint density at radius 2 is 1.85 bits per heavy atom. The topological polar surface area (TPSA) is 69.6 Å². The Kier molecular flexibility index (Phi) is 5.26. The molecule has 2 aromatic carbocycles. The van der Waals surface area contributed by atoms with Gasteiger partial charge in [0.05, 0.1) is 11.3 Å². The van der Waals surface area contributed by atoms with Gasteiger partial charge in [0, 0.05) is 24.3 Å². The standard InChI is InChI=1S/C21H24N2O3/c1-14-8-10-23(11-9-14)19-7-6-17(13-18(19)21(25)26)22-20(24)16-5-3-4-15(2)12-16/h3-7,12-14H,8-11H2,1-2H3,(H,22,24)(H,25,26). The van der Waals surface area contributed by atoms with Crippen molar-refractivity contribution >= 4 is 23.3 Å². The fourth-order valence-electron chi connectivity index (χ4n) is 3.30. The van der Waals surface area contributed by atoms with Gasteiger partial charge in [0.2, 0.25) is 0 Å². The minimum absolute atomic E-state index is 0.224. The number of carboxylic acids is 1. The molecule has 5 heteroatoms. The molecule has 0 unspecified atom stereocenters. The SMILES string of the molecule is Cc1cccc(C(=O)Nc2ccc(N3CCC(C)CC3)c(C(=O)O)c2)c1. The molecule has 1 heterocycles. The Labute approximate surface area is 153 Å². The zero-order chi connectivity index (χ0) is 18.7. The van der Waals surface area contributed by atoms with Crippen LogP contribution in [-0.2, 0) is 0 Å². The first-order valence-electron chi connectivity index (χ1n) is 8.94. The molecule has 1 fully saturated rings. The molecule has 3 rings (SSSR count). The lowest BCUT2D eigenvalue weighted by atomic mass is 9.98. The van der Waals surface area contributed by atoms with Crippen molar-refractivity contribution in [1.82, 2.24) is 0 Å². The Balaban J connectivity index is 1.82. The van der Waals surface area contributed by atoms with Crippen LogP contribution in [-0.4, -0.2) is 30.1 Å². The summed E-state index contributed by atoms with van der Waals surface area (Å²) in [5, 5.41) is 12.4. The molecule has 0 bridgehead atoms. The molecular formula is C21H24N2O3. The van der Waals surface area contributed by atoms with E-state index in [9.17, 15) is 14.7 Å². The summed E-state index contributed by atoms with van der Waals surface area (Å²) in [7, 11) is 0. The molecule has 0 atom stereocenters. The number of aryl methyl sites for hydroxylation is 1. The highest BCUT2D eigenvalue weighted by atomic mass is 16.4. The van der Waals surface area contributed by atoms with E-state index in [-0.39, 0.29) is 11.5 Å². The number of piperidine rings is 1. The maximum Gasteiger partial charge on any atom is 0.337 e. The second kappa shape index (κ2) is 7.60. The molecule has 0 aromatic heterocycles. The molecule has 5 nitrogen and oxygen atoms in total. The number of carbonyl (C=O) groups is 2. The van der Waals surface area contributed by atoms with E-state index in [1.54, 1.807) is 30.3 Å². The van der Waals surface area contributed by atoms with Crippen molar-refractivity contribution in [2.75, 3.05) is 23.3 Å². The number of rotatable bonds is 4. The summed E-state index contributed by atoms with van der Waals surface area (Å²) in [6.45, 7) is 5.86. The van der Waals surface area contributed by atoms with Gasteiger partial charge in [-0.2, -0.15) is 0 Å².